The first-order valence-corrected chi connectivity index (χ1v) is 4.15. The van der Waals surface area contributed by atoms with E-state index in [0.29, 0.717) is 0 Å². The Morgan fingerprint density at radius 1 is 1.23 bits per heavy atom. The summed E-state index contributed by atoms with van der Waals surface area (Å²) in [6.45, 7) is 2.96. The number of aromatic hydroxyl groups is 2. The van der Waals surface area contributed by atoms with Crippen molar-refractivity contribution in [2.24, 2.45) is 0 Å². The fourth-order valence-corrected chi connectivity index (χ4v) is 1.52. The van der Waals surface area contributed by atoms with E-state index in [-0.39, 0.29) is 22.1 Å². The molecule has 0 unspecified atom stereocenters. The Morgan fingerprint density at radius 2 is 1.77 bits per heavy atom. The molecule has 0 aliphatic heterocycles. The first kappa shape index (κ1) is 10.2. The molecule has 0 atom stereocenters. The monoisotopic (exact) mass is 202 g/mol. The molecule has 1 aromatic rings. The van der Waals surface area contributed by atoms with E-state index >= 15 is 0 Å². The van der Waals surface area contributed by atoms with E-state index in [0.717, 1.165) is 0 Å². The van der Waals surface area contributed by atoms with Crippen molar-refractivity contribution in [2.75, 3.05) is 0 Å². The van der Waals surface area contributed by atoms with Gasteiger partial charge in [-0.15, -0.1) is 0 Å². The smallest absolute Gasteiger partial charge is 0.165 e. The predicted octanol–water partition coefficient (Wildman–Crippen LogP) is 1.98. The van der Waals surface area contributed by atoms with Gasteiger partial charge in [-0.05, 0) is 26.0 Å². The van der Waals surface area contributed by atoms with E-state index in [2.05, 4.69) is 0 Å². The van der Waals surface area contributed by atoms with E-state index in [1.54, 1.807) is 0 Å². The van der Waals surface area contributed by atoms with Crippen molar-refractivity contribution in [1.29, 1.82) is 0 Å². The highest BCUT2D eigenvalue weighted by Crippen LogP contribution is 2.40. The lowest BCUT2D eigenvalue weighted by Crippen LogP contribution is -2.16. The highest BCUT2D eigenvalue weighted by molar-refractivity contribution is 6.31. The van der Waals surface area contributed by atoms with Crippen molar-refractivity contribution in [3.05, 3.63) is 22.7 Å². The Labute approximate surface area is 81.2 Å². The molecule has 0 saturated carbocycles. The maximum absolute atomic E-state index is 9.62. The zero-order valence-electron chi connectivity index (χ0n) is 7.37. The van der Waals surface area contributed by atoms with Crippen LogP contribution in [-0.2, 0) is 5.60 Å². The van der Waals surface area contributed by atoms with E-state index in [9.17, 15) is 10.2 Å². The number of hydrogen-bond acceptors (Lipinski definition) is 3. The summed E-state index contributed by atoms with van der Waals surface area (Å²) in [7, 11) is 0. The van der Waals surface area contributed by atoms with Gasteiger partial charge in [0, 0.05) is 5.56 Å². The Kier molecular flexibility index (Phi) is 2.41. The van der Waals surface area contributed by atoms with E-state index < -0.39 is 5.60 Å². The van der Waals surface area contributed by atoms with Gasteiger partial charge in [-0.3, -0.25) is 0 Å². The zero-order chi connectivity index (χ0) is 10.2. The molecule has 0 fully saturated rings. The van der Waals surface area contributed by atoms with Gasteiger partial charge in [-0.1, -0.05) is 11.6 Å². The molecule has 13 heavy (non-hydrogen) atoms. The van der Waals surface area contributed by atoms with Crippen molar-refractivity contribution >= 4 is 11.6 Å². The van der Waals surface area contributed by atoms with Gasteiger partial charge in [0.25, 0.3) is 0 Å². The van der Waals surface area contributed by atoms with Crippen LogP contribution in [0.4, 0.5) is 0 Å². The molecule has 0 bridgehead atoms. The third-order valence-corrected chi connectivity index (χ3v) is 2.03. The van der Waals surface area contributed by atoms with Crippen LogP contribution in [0.25, 0.3) is 0 Å². The summed E-state index contributed by atoms with van der Waals surface area (Å²) in [6, 6.07) is 2.69. The lowest BCUT2D eigenvalue weighted by Gasteiger charge is -2.20. The summed E-state index contributed by atoms with van der Waals surface area (Å²) in [5.41, 5.74) is -1.14. The second kappa shape index (κ2) is 3.09. The fraction of sp³-hybridized carbons (Fsp3) is 0.333. The van der Waals surface area contributed by atoms with Crippen LogP contribution in [0.2, 0.25) is 5.02 Å². The molecule has 0 heterocycles. The maximum Gasteiger partial charge on any atom is 0.165 e. The molecule has 0 radical (unpaired) electrons. The summed E-state index contributed by atoms with van der Waals surface area (Å²) >= 11 is 5.76. The first-order valence-electron chi connectivity index (χ1n) is 3.77. The average molecular weight is 203 g/mol. The van der Waals surface area contributed by atoms with Gasteiger partial charge in [-0.25, -0.2) is 0 Å². The van der Waals surface area contributed by atoms with Gasteiger partial charge < -0.3 is 15.3 Å². The minimum atomic E-state index is -1.28. The number of rotatable bonds is 1. The van der Waals surface area contributed by atoms with Gasteiger partial charge in [0.1, 0.15) is 0 Å². The molecule has 0 aliphatic rings. The van der Waals surface area contributed by atoms with Crippen LogP contribution in [0.5, 0.6) is 11.5 Å². The number of phenols is 2. The van der Waals surface area contributed by atoms with Crippen molar-refractivity contribution in [3.8, 4) is 11.5 Å². The van der Waals surface area contributed by atoms with Crippen LogP contribution < -0.4 is 0 Å². The van der Waals surface area contributed by atoms with Crippen molar-refractivity contribution in [2.45, 2.75) is 19.4 Å². The van der Waals surface area contributed by atoms with Crippen molar-refractivity contribution < 1.29 is 15.3 Å². The topological polar surface area (TPSA) is 60.7 Å². The molecular weight excluding hydrogens is 192 g/mol. The number of aliphatic hydroxyl groups is 1. The molecule has 0 amide bonds. The third kappa shape index (κ3) is 1.87. The molecule has 3 nitrogen and oxygen atoms in total. The zero-order valence-corrected chi connectivity index (χ0v) is 8.13. The van der Waals surface area contributed by atoms with Crippen LogP contribution in [0, 0.1) is 0 Å². The van der Waals surface area contributed by atoms with Crippen LogP contribution >= 0.6 is 11.6 Å². The molecule has 72 valence electrons. The van der Waals surface area contributed by atoms with E-state index in [1.165, 1.54) is 26.0 Å². The summed E-state index contributed by atoms with van der Waals surface area (Å²) in [6.07, 6.45) is 0. The fourth-order valence-electron chi connectivity index (χ4n) is 1.14. The lowest BCUT2D eigenvalue weighted by atomic mass is 9.97. The molecule has 1 aromatic carbocycles. The molecule has 0 spiro atoms. The van der Waals surface area contributed by atoms with E-state index in [1.807, 2.05) is 0 Å². The van der Waals surface area contributed by atoms with Crippen molar-refractivity contribution in [1.82, 2.24) is 0 Å². The highest BCUT2D eigenvalue weighted by Gasteiger charge is 2.25. The van der Waals surface area contributed by atoms with Crippen molar-refractivity contribution in [3.63, 3.8) is 0 Å². The number of benzene rings is 1. The highest BCUT2D eigenvalue weighted by atomic mass is 35.5. The number of phenolic OH excluding ortho intramolecular Hbond substituents is 2. The number of halogens is 1. The minimum absolute atomic E-state index is 0.133. The quantitative estimate of drug-likeness (QED) is 0.611. The molecule has 0 saturated heterocycles. The Bertz CT molecular complexity index is 328. The van der Waals surface area contributed by atoms with Crippen LogP contribution in [0.3, 0.4) is 0 Å². The molecular formula is C9H11ClO3. The predicted molar refractivity (Wildman–Crippen MR) is 50.0 cm³/mol. The minimum Gasteiger partial charge on any atom is -0.504 e. The second-order valence-corrected chi connectivity index (χ2v) is 3.76. The summed E-state index contributed by atoms with van der Waals surface area (Å²) in [4.78, 5) is 0. The molecule has 1 rings (SSSR count). The van der Waals surface area contributed by atoms with Gasteiger partial charge in [0.2, 0.25) is 0 Å². The average Bonchev–Trinajstić information content (AvgIpc) is 1.95. The Balaban J connectivity index is 3.43. The SMILES string of the molecule is CC(C)(O)c1c(Cl)ccc(O)c1O. The third-order valence-electron chi connectivity index (χ3n) is 1.72. The van der Waals surface area contributed by atoms with E-state index in [4.69, 9.17) is 16.7 Å². The van der Waals surface area contributed by atoms with Crippen LogP contribution in [0.15, 0.2) is 12.1 Å². The molecule has 3 N–H and O–H groups in total. The van der Waals surface area contributed by atoms with Gasteiger partial charge in [-0.2, -0.15) is 0 Å². The summed E-state index contributed by atoms with van der Waals surface area (Å²) in [5.74, 6) is -0.665. The molecule has 4 heteroatoms. The summed E-state index contributed by atoms with van der Waals surface area (Å²) in [5, 5.41) is 28.4. The normalized spacial score (nSPS) is 11.7. The summed E-state index contributed by atoms with van der Waals surface area (Å²) < 4.78 is 0. The largest absolute Gasteiger partial charge is 0.504 e. The second-order valence-electron chi connectivity index (χ2n) is 3.35. The number of hydrogen-bond donors (Lipinski definition) is 3. The Hall–Kier alpha value is -0.930. The lowest BCUT2D eigenvalue weighted by molar-refractivity contribution is 0.0754. The van der Waals surface area contributed by atoms with Gasteiger partial charge >= 0.3 is 0 Å². The molecule has 0 aliphatic carbocycles. The van der Waals surface area contributed by atoms with Gasteiger partial charge in [0.15, 0.2) is 11.5 Å². The first-order chi connectivity index (χ1) is 5.84. The van der Waals surface area contributed by atoms with Crippen LogP contribution in [-0.4, -0.2) is 15.3 Å². The van der Waals surface area contributed by atoms with Gasteiger partial charge in [0.05, 0.1) is 10.6 Å². The van der Waals surface area contributed by atoms with Crippen LogP contribution in [0.1, 0.15) is 19.4 Å². The Morgan fingerprint density at radius 3 is 2.15 bits per heavy atom. The maximum atomic E-state index is 9.62. The standard InChI is InChI=1S/C9H11ClO3/c1-9(2,13)7-5(10)3-4-6(11)8(7)12/h3-4,11-13H,1-2H3. The molecule has 0 aromatic heterocycles.